The third kappa shape index (κ3) is 2.91. The fourth-order valence-corrected chi connectivity index (χ4v) is 4.10. The summed E-state index contributed by atoms with van der Waals surface area (Å²) in [5.74, 6) is -0.525. The highest BCUT2D eigenvalue weighted by molar-refractivity contribution is 5.87. The Kier molecular flexibility index (Phi) is 4.22. The van der Waals surface area contributed by atoms with Crippen molar-refractivity contribution in [3.05, 3.63) is 64.7 Å². The molecule has 0 radical (unpaired) electrons. The van der Waals surface area contributed by atoms with E-state index in [1.807, 2.05) is 12.1 Å². The van der Waals surface area contributed by atoms with Gasteiger partial charge in [-0.05, 0) is 48.6 Å². The third-order valence-corrected chi connectivity index (χ3v) is 5.45. The zero-order valence-electron chi connectivity index (χ0n) is 14.4. The van der Waals surface area contributed by atoms with E-state index in [1.54, 1.807) is 12.1 Å². The summed E-state index contributed by atoms with van der Waals surface area (Å²) in [7, 11) is 0. The number of carbonyl (C=O) groups is 1. The highest BCUT2D eigenvalue weighted by atomic mass is 16.5. The Labute approximate surface area is 147 Å². The number of hydrogen-bond acceptors (Lipinski definition) is 3. The van der Waals surface area contributed by atoms with Gasteiger partial charge in [-0.1, -0.05) is 31.2 Å². The predicted octanol–water partition coefficient (Wildman–Crippen LogP) is 4.58. The lowest BCUT2D eigenvalue weighted by atomic mass is 9.77. The first-order valence-electron chi connectivity index (χ1n) is 9.01. The second-order valence-electron chi connectivity index (χ2n) is 6.92. The van der Waals surface area contributed by atoms with Crippen molar-refractivity contribution >= 4 is 11.7 Å². The van der Waals surface area contributed by atoms with E-state index in [1.165, 1.54) is 11.1 Å². The summed E-state index contributed by atoms with van der Waals surface area (Å²) in [6.07, 6.45) is 3.31. The van der Waals surface area contributed by atoms with Crippen LogP contribution in [0.5, 0.6) is 0 Å². The van der Waals surface area contributed by atoms with Crippen LogP contribution in [0.1, 0.15) is 59.0 Å². The minimum absolute atomic E-state index is 0.112. The Morgan fingerprint density at radius 3 is 2.76 bits per heavy atom. The monoisotopic (exact) mass is 337 g/mol. The van der Waals surface area contributed by atoms with Crippen LogP contribution in [-0.2, 0) is 11.2 Å². The van der Waals surface area contributed by atoms with E-state index in [9.17, 15) is 4.79 Å². The van der Waals surface area contributed by atoms with Gasteiger partial charge in [-0.3, -0.25) is 0 Å². The Bertz CT molecular complexity index is 784. The van der Waals surface area contributed by atoms with E-state index < -0.39 is 5.97 Å². The fraction of sp³-hybridized carbons (Fsp3) is 0.381. The van der Waals surface area contributed by atoms with Gasteiger partial charge < -0.3 is 15.2 Å². The molecule has 2 heterocycles. The maximum Gasteiger partial charge on any atom is 0.335 e. The first-order chi connectivity index (χ1) is 12.2. The number of aryl methyl sites for hydroxylation is 1. The minimum atomic E-state index is -0.889. The summed E-state index contributed by atoms with van der Waals surface area (Å²) in [5, 5.41) is 12.8. The maximum atomic E-state index is 11.1. The van der Waals surface area contributed by atoms with Gasteiger partial charge in [0.2, 0.25) is 0 Å². The van der Waals surface area contributed by atoms with E-state index in [-0.39, 0.29) is 12.1 Å². The fourth-order valence-electron chi connectivity index (χ4n) is 4.10. The van der Waals surface area contributed by atoms with Crippen LogP contribution >= 0.6 is 0 Å². The SMILES string of the molecule is CCc1ccc2c(c1)[C@H]1OCCC[C@H]1C(c1ccc(C(=O)O)cc1)N2. The number of benzene rings is 2. The highest BCUT2D eigenvalue weighted by Gasteiger charge is 2.39. The highest BCUT2D eigenvalue weighted by Crippen LogP contribution is 2.49. The smallest absolute Gasteiger partial charge is 0.335 e. The molecule has 2 aliphatic heterocycles. The lowest BCUT2D eigenvalue weighted by Crippen LogP contribution is -2.36. The molecule has 2 aromatic carbocycles. The normalized spacial score (nSPS) is 24.8. The molecule has 3 atom stereocenters. The number of fused-ring (bicyclic) bond motifs is 3. The van der Waals surface area contributed by atoms with Crippen molar-refractivity contribution in [3.8, 4) is 0 Å². The molecule has 4 rings (SSSR count). The molecule has 1 saturated heterocycles. The second kappa shape index (κ2) is 6.52. The molecule has 1 fully saturated rings. The van der Waals surface area contributed by atoms with E-state index in [2.05, 4.69) is 30.4 Å². The van der Waals surface area contributed by atoms with Gasteiger partial charge >= 0.3 is 5.97 Å². The number of hydrogen-bond donors (Lipinski definition) is 2. The minimum Gasteiger partial charge on any atom is -0.478 e. The molecule has 25 heavy (non-hydrogen) atoms. The number of carboxylic acids is 1. The van der Waals surface area contributed by atoms with Crippen LogP contribution in [0, 0.1) is 5.92 Å². The van der Waals surface area contributed by atoms with Crippen molar-refractivity contribution in [3.63, 3.8) is 0 Å². The Morgan fingerprint density at radius 2 is 2.04 bits per heavy atom. The molecule has 0 aliphatic carbocycles. The van der Waals surface area contributed by atoms with Crippen molar-refractivity contribution in [2.24, 2.45) is 5.92 Å². The van der Waals surface area contributed by atoms with Crippen molar-refractivity contribution < 1.29 is 14.6 Å². The summed E-state index contributed by atoms with van der Waals surface area (Å²) in [6.45, 7) is 2.98. The molecule has 2 aromatic rings. The second-order valence-corrected chi connectivity index (χ2v) is 6.92. The topological polar surface area (TPSA) is 58.6 Å². The molecule has 130 valence electrons. The molecule has 4 heteroatoms. The van der Waals surface area contributed by atoms with Gasteiger partial charge in [0.05, 0.1) is 17.7 Å². The van der Waals surface area contributed by atoms with Gasteiger partial charge in [-0.15, -0.1) is 0 Å². The molecular weight excluding hydrogens is 314 g/mol. The van der Waals surface area contributed by atoms with Crippen LogP contribution < -0.4 is 5.32 Å². The van der Waals surface area contributed by atoms with Crippen molar-refractivity contribution in [2.45, 2.75) is 38.3 Å². The number of nitrogens with one attached hydrogen (secondary N) is 1. The lowest BCUT2D eigenvalue weighted by Gasteiger charge is -2.43. The molecule has 0 spiro atoms. The van der Waals surface area contributed by atoms with Gasteiger partial charge in [0.15, 0.2) is 0 Å². The number of ether oxygens (including phenoxy) is 1. The molecule has 0 amide bonds. The summed E-state index contributed by atoms with van der Waals surface area (Å²) < 4.78 is 6.19. The Hall–Kier alpha value is -2.33. The molecule has 1 unspecified atom stereocenters. The molecule has 2 aliphatic rings. The van der Waals surface area contributed by atoms with E-state index in [4.69, 9.17) is 9.84 Å². The molecule has 2 N–H and O–H groups in total. The summed E-state index contributed by atoms with van der Waals surface area (Å²) in [4.78, 5) is 11.1. The quantitative estimate of drug-likeness (QED) is 0.860. The van der Waals surface area contributed by atoms with Crippen LogP contribution in [0.25, 0.3) is 0 Å². The van der Waals surface area contributed by atoms with Crippen LogP contribution in [0.3, 0.4) is 0 Å². The van der Waals surface area contributed by atoms with E-state index >= 15 is 0 Å². The van der Waals surface area contributed by atoms with Gasteiger partial charge in [-0.25, -0.2) is 4.79 Å². The van der Waals surface area contributed by atoms with Crippen LogP contribution in [0.15, 0.2) is 42.5 Å². The van der Waals surface area contributed by atoms with Gasteiger partial charge in [0, 0.05) is 23.8 Å². The molecule has 4 nitrogen and oxygen atoms in total. The van der Waals surface area contributed by atoms with Crippen molar-refractivity contribution in [2.75, 3.05) is 11.9 Å². The standard InChI is InChI=1S/C21H23NO3/c1-2-13-5-10-18-17(12-13)20-16(4-3-11-25-20)19(22-18)14-6-8-15(9-7-14)21(23)24/h5-10,12,16,19-20,22H,2-4,11H2,1H3,(H,23,24)/t16-,19?,20-/m0/s1. The molecule has 0 bridgehead atoms. The van der Waals surface area contributed by atoms with Gasteiger partial charge in [-0.2, -0.15) is 0 Å². The van der Waals surface area contributed by atoms with Crippen molar-refractivity contribution in [1.29, 1.82) is 0 Å². The zero-order valence-corrected chi connectivity index (χ0v) is 14.4. The maximum absolute atomic E-state index is 11.1. The molecular formula is C21H23NO3. The largest absolute Gasteiger partial charge is 0.478 e. The number of carboxylic acid groups (broad SMARTS) is 1. The van der Waals surface area contributed by atoms with Gasteiger partial charge in [0.25, 0.3) is 0 Å². The summed E-state index contributed by atoms with van der Waals surface area (Å²) >= 11 is 0. The van der Waals surface area contributed by atoms with E-state index in [0.717, 1.165) is 37.1 Å². The average Bonchev–Trinajstić information content (AvgIpc) is 2.67. The Morgan fingerprint density at radius 1 is 1.24 bits per heavy atom. The predicted molar refractivity (Wildman–Crippen MR) is 97.0 cm³/mol. The Balaban J connectivity index is 1.72. The molecule has 0 saturated carbocycles. The zero-order chi connectivity index (χ0) is 17.4. The van der Waals surface area contributed by atoms with Gasteiger partial charge in [0.1, 0.15) is 0 Å². The van der Waals surface area contributed by atoms with Crippen molar-refractivity contribution in [1.82, 2.24) is 0 Å². The average molecular weight is 337 g/mol. The first-order valence-corrected chi connectivity index (χ1v) is 9.01. The lowest BCUT2D eigenvalue weighted by molar-refractivity contribution is -0.0381. The summed E-state index contributed by atoms with van der Waals surface area (Å²) in [6, 6.07) is 14.0. The number of anilines is 1. The van der Waals surface area contributed by atoms with Crippen LogP contribution in [-0.4, -0.2) is 17.7 Å². The molecule has 0 aromatic heterocycles. The summed E-state index contributed by atoms with van der Waals surface area (Å²) in [5.41, 5.74) is 5.17. The van der Waals surface area contributed by atoms with Crippen LogP contribution in [0.2, 0.25) is 0 Å². The third-order valence-electron chi connectivity index (χ3n) is 5.45. The number of rotatable bonds is 3. The first kappa shape index (κ1) is 16.2. The van der Waals surface area contributed by atoms with E-state index in [0.29, 0.717) is 11.5 Å². The number of aromatic carboxylic acids is 1. The van der Waals surface area contributed by atoms with Crippen LogP contribution in [0.4, 0.5) is 5.69 Å².